The Morgan fingerprint density at radius 2 is 1.95 bits per heavy atom. The molecular weight excluding hydrogens is 264 g/mol. The van der Waals surface area contributed by atoms with Crippen molar-refractivity contribution in [3.8, 4) is 11.5 Å². The fraction of sp³-hybridized carbons (Fsp3) is 0.600. The minimum Gasteiger partial charge on any atom is -0.486 e. The van der Waals surface area contributed by atoms with E-state index in [1.54, 1.807) is 6.07 Å². The van der Waals surface area contributed by atoms with Crippen molar-refractivity contribution in [1.82, 2.24) is 5.32 Å². The molecule has 1 N–H and O–H groups in total. The lowest BCUT2D eigenvalue weighted by Crippen LogP contribution is -2.26. The first-order valence-electron chi connectivity index (χ1n) is 7.08. The van der Waals surface area contributed by atoms with E-state index in [0.717, 1.165) is 26.3 Å². The average Bonchev–Trinajstić information content (AvgIpc) is 2.89. The molecule has 0 bridgehead atoms. The third-order valence-electron chi connectivity index (χ3n) is 3.87. The molecule has 110 valence electrons. The van der Waals surface area contributed by atoms with Crippen LogP contribution in [0.1, 0.15) is 30.9 Å². The van der Waals surface area contributed by atoms with Gasteiger partial charge in [0.1, 0.15) is 13.2 Å². The zero-order chi connectivity index (χ0) is 14.2. The largest absolute Gasteiger partial charge is 0.486 e. The summed E-state index contributed by atoms with van der Waals surface area (Å²) in [6, 6.07) is 3.44. The van der Waals surface area contributed by atoms with Gasteiger partial charge in [0, 0.05) is 18.5 Å². The summed E-state index contributed by atoms with van der Waals surface area (Å²) in [6.07, 6.45) is 2.74. The van der Waals surface area contributed by atoms with Crippen LogP contribution < -0.4 is 14.8 Å². The van der Waals surface area contributed by atoms with Crippen molar-refractivity contribution in [2.45, 2.75) is 38.2 Å². The molecule has 20 heavy (non-hydrogen) atoms. The molecule has 2 aliphatic rings. The summed E-state index contributed by atoms with van der Waals surface area (Å²) in [5, 5.41) is 3.35. The number of halogens is 2. The molecule has 3 nitrogen and oxygen atoms in total. The minimum atomic E-state index is -2.87. The Balaban J connectivity index is 1.96. The molecule has 3 rings (SSSR count). The summed E-state index contributed by atoms with van der Waals surface area (Å²) < 4.78 is 38.6. The third-order valence-corrected chi connectivity index (χ3v) is 3.87. The fourth-order valence-corrected chi connectivity index (χ4v) is 2.90. The maximum absolute atomic E-state index is 13.8. The summed E-state index contributed by atoms with van der Waals surface area (Å²) in [7, 11) is 0. The lowest BCUT2D eigenvalue weighted by atomic mass is 9.95. The highest BCUT2D eigenvalue weighted by Crippen LogP contribution is 2.40. The van der Waals surface area contributed by atoms with Gasteiger partial charge in [-0.15, -0.1) is 0 Å². The van der Waals surface area contributed by atoms with Gasteiger partial charge in [0.05, 0.1) is 0 Å². The van der Waals surface area contributed by atoms with Crippen molar-refractivity contribution in [1.29, 1.82) is 0 Å². The lowest BCUT2D eigenvalue weighted by Gasteiger charge is -2.24. The zero-order valence-corrected chi connectivity index (χ0v) is 11.5. The number of nitrogens with one attached hydrogen (secondary N) is 1. The zero-order valence-electron chi connectivity index (χ0n) is 11.5. The summed E-state index contributed by atoms with van der Waals surface area (Å²) >= 11 is 0. The van der Waals surface area contributed by atoms with Crippen molar-refractivity contribution in [3.63, 3.8) is 0 Å². The van der Waals surface area contributed by atoms with E-state index >= 15 is 0 Å². The van der Waals surface area contributed by atoms with Gasteiger partial charge < -0.3 is 14.8 Å². The highest BCUT2D eigenvalue weighted by Gasteiger charge is 2.31. The summed E-state index contributed by atoms with van der Waals surface area (Å²) in [6.45, 7) is 2.78. The van der Waals surface area contributed by atoms with Gasteiger partial charge in [-0.2, -0.15) is 0 Å². The Morgan fingerprint density at radius 1 is 1.25 bits per heavy atom. The van der Waals surface area contributed by atoms with E-state index < -0.39 is 5.92 Å². The first-order chi connectivity index (χ1) is 9.54. The van der Waals surface area contributed by atoms with Crippen LogP contribution in [0.3, 0.4) is 0 Å². The minimum absolute atomic E-state index is 0.0513. The molecule has 0 amide bonds. The van der Waals surface area contributed by atoms with Gasteiger partial charge >= 0.3 is 0 Å². The van der Waals surface area contributed by atoms with Gasteiger partial charge in [0.15, 0.2) is 11.5 Å². The highest BCUT2D eigenvalue weighted by atomic mass is 19.3. The van der Waals surface area contributed by atoms with Crippen molar-refractivity contribution in [2.24, 2.45) is 0 Å². The van der Waals surface area contributed by atoms with Crippen molar-refractivity contribution < 1.29 is 18.3 Å². The van der Waals surface area contributed by atoms with Crippen LogP contribution in [0.5, 0.6) is 11.5 Å². The first kappa shape index (κ1) is 13.6. The fourth-order valence-electron chi connectivity index (χ4n) is 2.90. The summed E-state index contributed by atoms with van der Waals surface area (Å²) in [5.41, 5.74) is 0.705. The van der Waals surface area contributed by atoms with Gasteiger partial charge in [0.25, 0.3) is 5.92 Å². The molecule has 1 atom stereocenters. The van der Waals surface area contributed by atoms with Crippen LogP contribution >= 0.6 is 0 Å². The second-order valence-electron chi connectivity index (χ2n) is 5.54. The second-order valence-corrected chi connectivity index (χ2v) is 5.54. The van der Waals surface area contributed by atoms with Crippen molar-refractivity contribution in [3.05, 3.63) is 23.3 Å². The molecule has 0 radical (unpaired) electrons. The molecule has 0 aromatic heterocycles. The Morgan fingerprint density at radius 3 is 2.55 bits per heavy atom. The Hall–Kier alpha value is -1.36. The molecule has 2 aliphatic heterocycles. The van der Waals surface area contributed by atoms with E-state index in [4.69, 9.17) is 9.47 Å². The number of fused-ring (bicyclic) bond motifs is 1. The topological polar surface area (TPSA) is 30.5 Å². The maximum Gasteiger partial charge on any atom is 0.270 e. The van der Waals surface area contributed by atoms with Crippen LogP contribution in [0.2, 0.25) is 0 Å². The monoisotopic (exact) mass is 283 g/mol. The average molecular weight is 283 g/mol. The van der Waals surface area contributed by atoms with E-state index in [1.807, 2.05) is 0 Å². The predicted molar refractivity (Wildman–Crippen MR) is 71.7 cm³/mol. The van der Waals surface area contributed by atoms with E-state index in [2.05, 4.69) is 5.32 Å². The number of rotatable bonds is 3. The molecule has 5 heteroatoms. The van der Waals surface area contributed by atoms with Gasteiger partial charge in [-0.1, -0.05) is 0 Å². The Kier molecular flexibility index (Phi) is 3.54. The Bertz CT molecular complexity index is 493. The van der Waals surface area contributed by atoms with Gasteiger partial charge in [0.2, 0.25) is 0 Å². The highest BCUT2D eigenvalue weighted by molar-refractivity contribution is 5.49. The normalized spacial score (nSPS) is 22.1. The van der Waals surface area contributed by atoms with E-state index in [0.29, 0.717) is 36.7 Å². The summed E-state index contributed by atoms with van der Waals surface area (Å²) in [5.74, 6) is -1.86. The van der Waals surface area contributed by atoms with Gasteiger partial charge in [-0.05, 0) is 43.5 Å². The van der Waals surface area contributed by atoms with Crippen LogP contribution in [0.4, 0.5) is 8.78 Å². The number of alkyl halides is 2. The third kappa shape index (κ3) is 2.73. The molecule has 1 aromatic carbocycles. The molecule has 1 fully saturated rings. The van der Waals surface area contributed by atoms with Crippen LogP contribution in [0, 0.1) is 0 Å². The molecule has 1 unspecified atom stereocenters. The van der Waals surface area contributed by atoms with Gasteiger partial charge in [-0.3, -0.25) is 0 Å². The lowest BCUT2D eigenvalue weighted by molar-refractivity contribution is 0.0159. The van der Waals surface area contributed by atoms with Crippen LogP contribution in [0.15, 0.2) is 12.1 Å². The molecule has 0 saturated carbocycles. The van der Waals surface area contributed by atoms with Crippen LogP contribution in [-0.2, 0) is 12.3 Å². The second kappa shape index (κ2) is 5.20. The van der Waals surface area contributed by atoms with Crippen molar-refractivity contribution in [2.75, 3.05) is 19.8 Å². The standard InChI is InChI=1S/C15H19F2NO2/c1-15(16,17)12-9-14-13(19-5-6-20-14)8-10(12)7-11-3-2-4-18-11/h8-9,11,18H,2-7H2,1H3. The molecule has 2 heterocycles. The molecule has 0 spiro atoms. The number of hydrogen-bond acceptors (Lipinski definition) is 3. The predicted octanol–water partition coefficient (Wildman–Crippen LogP) is 2.86. The smallest absolute Gasteiger partial charge is 0.270 e. The maximum atomic E-state index is 13.8. The molecule has 1 aromatic rings. The Labute approximate surface area is 117 Å². The quantitative estimate of drug-likeness (QED) is 0.925. The number of benzene rings is 1. The first-order valence-corrected chi connectivity index (χ1v) is 7.08. The summed E-state index contributed by atoms with van der Waals surface area (Å²) in [4.78, 5) is 0. The van der Waals surface area contributed by atoms with Crippen LogP contribution in [-0.4, -0.2) is 25.8 Å². The molecule has 0 aliphatic carbocycles. The molecule has 1 saturated heterocycles. The molecular formula is C15H19F2NO2. The van der Waals surface area contributed by atoms with E-state index in [-0.39, 0.29) is 11.6 Å². The SMILES string of the molecule is CC(F)(F)c1cc2c(cc1CC1CCCN1)OCCO2. The van der Waals surface area contributed by atoms with E-state index in [9.17, 15) is 8.78 Å². The number of hydrogen-bond donors (Lipinski definition) is 1. The van der Waals surface area contributed by atoms with E-state index in [1.165, 1.54) is 6.07 Å². The van der Waals surface area contributed by atoms with Crippen molar-refractivity contribution >= 4 is 0 Å². The van der Waals surface area contributed by atoms with Crippen LogP contribution in [0.25, 0.3) is 0 Å². The van der Waals surface area contributed by atoms with Gasteiger partial charge in [-0.25, -0.2) is 8.78 Å². The number of ether oxygens (including phenoxy) is 2.